The number of rotatable bonds is 7. The highest BCUT2D eigenvalue weighted by atomic mass is 35.5. The third-order valence-corrected chi connectivity index (χ3v) is 6.22. The molecule has 4 aromatic carbocycles. The van der Waals surface area contributed by atoms with E-state index in [9.17, 15) is 4.79 Å². The van der Waals surface area contributed by atoms with E-state index in [-0.39, 0.29) is 12.3 Å². The molecule has 0 atom stereocenters. The molecule has 1 N–H and O–H groups in total. The number of halogens is 2. The van der Waals surface area contributed by atoms with Crippen molar-refractivity contribution in [2.24, 2.45) is 5.10 Å². The molecule has 6 heteroatoms. The van der Waals surface area contributed by atoms with Crippen LogP contribution in [0.3, 0.4) is 0 Å². The molecule has 0 radical (unpaired) electrons. The van der Waals surface area contributed by atoms with Gasteiger partial charge in [-0.15, -0.1) is 0 Å². The van der Waals surface area contributed by atoms with Gasteiger partial charge in [0.1, 0.15) is 12.4 Å². The second-order valence-corrected chi connectivity index (χ2v) is 8.94. The van der Waals surface area contributed by atoms with E-state index in [1.54, 1.807) is 18.3 Å². The number of hydrogen-bond donors (Lipinski definition) is 1. The fraction of sp³-hybridized carbons (Fsp3) is 0.143. The molecule has 0 spiro atoms. The number of benzene rings is 4. The van der Waals surface area contributed by atoms with Crippen LogP contribution in [0.5, 0.6) is 5.75 Å². The van der Waals surface area contributed by atoms with Gasteiger partial charge >= 0.3 is 0 Å². The molecular formula is C28H24Cl2N2O2. The molecule has 4 nitrogen and oxygen atoms in total. The van der Waals surface area contributed by atoms with Crippen molar-refractivity contribution in [3.8, 4) is 5.75 Å². The molecule has 0 aromatic heterocycles. The van der Waals surface area contributed by atoms with Gasteiger partial charge in [0.15, 0.2) is 0 Å². The van der Waals surface area contributed by atoms with E-state index < -0.39 is 0 Å². The molecular weight excluding hydrogens is 467 g/mol. The summed E-state index contributed by atoms with van der Waals surface area (Å²) in [4.78, 5) is 12.4. The fourth-order valence-corrected chi connectivity index (χ4v) is 4.23. The number of amides is 1. The summed E-state index contributed by atoms with van der Waals surface area (Å²) in [5.74, 6) is 0.644. The quantitative estimate of drug-likeness (QED) is 0.223. The van der Waals surface area contributed by atoms with E-state index in [1.165, 1.54) is 0 Å². The number of carbonyl (C=O) groups is 1. The Morgan fingerprint density at radius 1 is 0.941 bits per heavy atom. The first kappa shape index (κ1) is 23.8. The van der Waals surface area contributed by atoms with E-state index in [4.69, 9.17) is 27.9 Å². The minimum Gasteiger partial charge on any atom is -0.488 e. The fourth-order valence-electron chi connectivity index (χ4n) is 3.91. The highest BCUT2D eigenvalue weighted by molar-refractivity contribution is 6.42. The largest absolute Gasteiger partial charge is 0.488 e. The van der Waals surface area contributed by atoms with E-state index in [2.05, 4.69) is 10.5 Å². The number of hydrazone groups is 1. The summed E-state index contributed by atoms with van der Waals surface area (Å²) < 4.78 is 6.03. The Balaban J connectivity index is 1.38. The molecule has 0 saturated heterocycles. The minimum atomic E-state index is -0.164. The van der Waals surface area contributed by atoms with Gasteiger partial charge in [-0.3, -0.25) is 4.79 Å². The number of ether oxygens (including phenoxy) is 1. The highest BCUT2D eigenvalue weighted by Crippen LogP contribution is 2.27. The Kier molecular flexibility index (Phi) is 7.51. The lowest BCUT2D eigenvalue weighted by molar-refractivity contribution is -0.120. The van der Waals surface area contributed by atoms with Crippen LogP contribution >= 0.6 is 23.2 Å². The number of aryl methyl sites for hydroxylation is 2. The maximum Gasteiger partial charge on any atom is 0.244 e. The van der Waals surface area contributed by atoms with Gasteiger partial charge in [-0.2, -0.15) is 5.10 Å². The molecule has 0 bridgehead atoms. The lowest BCUT2D eigenvalue weighted by Gasteiger charge is -2.13. The van der Waals surface area contributed by atoms with Crippen LogP contribution in [0.25, 0.3) is 10.8 Å². The summed E-state index contributed by atoms with van der Waals surface area (Å²) in [6.45, 7) is 4.34. The molecule has 172 valence electrons. The second-order valence-electron chi connectivity index (χ2n) is 8.13. The topological polar surface area (TPSA) is 50.7 Å². The number of nitrogens with zero attached hydrogens (tertiary/aromatic N) is 1. The third-order valence-electron chi connectivity index (χ3n) is 5.48. The van der Waals surface area contributed by atoms with Crippen molar-refractivity contribution in [1.82, 2.24) is 5.43 Å². The molecule has 4 rings (SSSR count). The molecule has 4 aromatic rings. The highest BCUT2D eigenvalue weighted by Gasteiger charge is 2.09. The zero-order chi connectivity index (χ0) is 24.1. The van der Waals surface area contributed by atoms with Crippen molar-refractivity contribution >= 4 is 46.1 Å². The van der Waals surface area contributed by atoms with Crippen molar-refractivity contribution in [3.05, 3.63) is 111 Å². The maximum absolute atomic E-state index is 12.4. The van der Waals surface area contributed by atoms with Crippen LogP contribution in [0, 0.1) is 13.8 Å². The summed E-state index contributed by atoms with van der Waals surface area (Å²) in [6, 6.07) is 23.4. The van der Waals surface area contributed by atoms with Crippen molar-refractivity contribution in [2.75, 3.05) is 0 Å². The first-order chi connectivity index (χ1) is 16.4. The zero-order valence-corrected chi connectivity index (χ0v) is 20.5. The number of nitrogens with one attached hydrogen (secondary N) is 1. The van der Waals surface area contributed by atoms with Gasteiger partial charge < -0.3 is 4.74 Å². The predicted octanol–water partition coefficient (Wildman–Crippen LogP) is 7.04. The van der Waals surface area contributed by atoms with E-state index in [0.29, 0.717) is 16.7 Å². The Morgan fingerprint density at radius 3 is 2.44 bits per heavy atom. The van der Waals surface area contributed by atoms with E-state index in [0.717, 1.165) is 44.3 Å². The molecule has 0 aliphatic carbocycles. The second kappa shape index (κ2) is 10.7. The first-order valence-electron chi connectivity index (χ1n) is 10.9. The van der Waals surface area contributed by atoms with Crippen LogP contribution in [0.15, 0.2) is 77.9 Å². The lowest BCUT2D eigenvalue weighted by Crippen LogP contribution is -2.19. The first-order valence-corrected chi connectivity index (χ1v) is 11.6. The van der Waals surface area contributed by atoms with Gasteiger partial charge in [0, 0.05) is 0 Å². The minimum absolute atomic E-state index is 0.164. The molecule has 34 heavy (non-hydrogen) atoms. The smallest absolute Gasteiger partial charge is 0.244 e. The van der Waals surface area contributed by atoms with Gasteiger partial charge in [-0.05, 0) is 76.7 Å². The van der Waals surface area contributed by atoms with Crippen molar-refractivity contribution < 1.29 is 9.53 Å². The summed E-state index contributed by atoms with van der Waals surface area (Å²) >= 11 is 12.1. The summed E-state index contributed by atoms with van der Waals surface area (Å²) in [7, 11) is 0. The molecule has 0 aliphatic heterocycles. The Bertz CT molecular complexity index is 1350. The standard InChI is InChI=1S/C28H24Cl2N2O2/c1-18-12-21(13-19(2)28(18)34-17-20-10-11-25(29)26(30)14-20)16-31-32-27(33)15-23-8-5-7-22-6-3-4-9-24(22)23/h3-14,16H,15,17H2,1-2H3,(H,32,33)/b31-16-. The van der Waals surface area contributed by atoms with Crippen molar-refractivity contribution in [2.45, 2.75) is 26.9 Å². The number of carbonyl (C=O) groups excluding carboxylic acids is 1. The van der Waals surface area contributed by atoms with Crippen molar-refractivity contribution in [1.29, 1.82) is 0 Å². The SMILES string of the molecule is Cc1cc(/C=N\NC(=O)Cc2cccc3ccccc23)cc(C)c1OCc1ccc(Cl)c(Cl)c1. The Hall–Kier alpha value is -3.34. The molecule has 0 heterocycles. The van der Waals surface area contributed by atoms with E-state index >= 15 is 0 Å². The molecule has 0 saturated carbocycles. The van der Waals surface area contributed by atoms with Crippen LogP contribution < -0.4 is 10.2 Å². The van der Waals surface area contributed by atoms with Gasteiger partial charge in [0.05, 0.1) is 22.7 Å². The van der Waals surface area contributed by atoms with Gasteiger partial charge in [-0.25, -0.2) is 5.43 Å². The Labute approximate surface area is 209 Å². The van der Waals surface area contributed by atoms with Gasteiger partial charge in [0.2, 0.25) is 5.91 Å². The predicted molar refractivity (Wildman–Crippen MR) is 140 cm³/mol. The maximum atomic E-state index is 12.4. The number of fused-ring (bicyclic) bond motifs is 1. The zero-order valence-electron chi connectivity index (χ0n) is 18.9. The molecule has 1 amide bonds. The van der Waals surface area contributed by atoms with Crippen LogP contribution in [0.1, 0.15) is 27.8 Å². The summed E-state index contributed by atoms with van der Waals surface area (Å²) in [5.41, 5.74) is 7.37. The van der Waals surface area contributed by atoms with E-state index in [1.807, 2.05) is 74.5 Å². The average Bonchev–Trinajstić information content (AvgIpc) is 2.81. The number of hydrogen-bond acceptors (Lipinski definition) is 3. The third kappa shape index (κ3) is 5.77. The molecule has 0 aliphatic rings. The lowest BCUT2D eigenvalue weighted by atomic mass is 10.0. The summed E-state index contributed by atoms with van der Waals surface area (Å²) in [6.07, 6.45) is 1.90. The normalized spacial score (nSPS) is 11.2. The molecule has 0 unspecified atom stereocenters. The van der Waals surface area contributed by atoms with Crippen LogP contribution in [-0.2, 0) is 17.8 Å². The van der Waals surface area contributed by atoms with Gasteiger partial charge in [0.25, 0.3) is 0 Å². The summed E-state index contributed by atoms with van der Waals surface area (Å²) in [5, 5.41) is 7.36. The van der Waals surface area contributed by atoms with Crippen LogP contribution in [-0.4, -0.2) is 12.1 Å². The molecule has 0 fully saturated rings. The Morgan fingerprint density at radius 2 is 1.68 bits per heavy atom. The van der Waals surface area contributed by atoms with Crippen LogP contribution in [0.4, 0.5) is 0 Å². The van der Waals surface area contributed by atoms with Crippen LogP contribution in [0.2, 0.25) is 10.0 Å². The van der Waals surface area contributed by atoms with Crippen molar-refractivity contribution in [3.63, 3.8) is 0 Å². The average molecular weight is 491 g/mol. The van der Waals surface area contributed by atoms with Gasteiger partial charge in [-0.1, -0.05) is 71.7 Å². The monoisotopic (exact) mass is 490 g/mol.